The molecule has 16 heavy (non-hydrogen) atoms. The Kier molecular flexibility index (Phi) is 1.77. The van der Waals surface area contributed by atoms with Crippen LogP contribution in [0.15, 0.2) is 12.7 Å². The number of hydrogen-bond acceptors (Lipinski definition) is 4. The SMILES string of the molecule is C=CC(=O)OC12CC3OC(=O)C(C3C1)C2C. The molecule has 2 saturated carbocycles. The summed E-state index contributed by atoms with van der Waals surface area (Å²) in [5.74, 6) is -0.276. The molecule has 3 rings (SSSR count). The summed E-state index contributed by atoms with van der Waals surface area (Å²) < 4.78 is 10.8. The second-order valence-electron chi connectivity index (χ2n) is 5.05. The van der Waals surface area contributed by atoms with Crippen LogP contribution < -0.4 is 0 Å². The third-order valence-electron chi connectivity index (χ3n) is 4.45. The maximum Gasteiger partial charge on any atom is 0.330 e. The van der Waals surface area contributed by atoms with E-state index < -0.39 is 11.6 Å². The maximum atomic E-state index is 11.6. The molecule has 4 heteroatoms. The Labute approximate surface area is 93.6 Å². The van der Waals surface area contributed by atoms with Gasteiger partial charge in [0, 0.05) is 24.3 Å². The highest BCUT2D eigenvalue weighted by Crippen LogP contribution is 2.61. The molecular weight excluding hydrogens is 208 g/mol. The molecule has 5 unspecified atom stereocenters. The van der Waals surface area contributed by atoms with Crippen molar-refractivity contribution in [2.75, 3.05) is 0 Å². The summed E-state index contributed by atoms with van der Waals surface area (Å²) in [6.07, 6.45) is 2.55. The van der Waals surface area contributed by atoms with E-state index in [2.05, 4.69) is 6.58 Å². The van der Waals surface area contributed by atoms with E-state index in [1.807, 2.05) is 6.92 Å². The molecule has 0 radical (unpaired) electrons. The van der Waals surface area contributed by atoms with Gasteiger partial charge in [-0.1, -0.05) is 13.5 Å². The predicted octanol–water partition coefficient (Wildman–Crippen LogP) is 1.06. The summed E-state index contributed by atoms with van der Waals surface area (Å²) >= 11 is 0. The molecule has 4 nitrogen and oxygen atoms in total. The Morgan fingerprint density at radius 2 is 2.38 bits per heavy atom. The van der Waals surface area contributed by atoms with E-state index in [0.29, 0.717) is 6.42 Å². The third kappa shape index (κ3) is 0.996. The lowest BCUT2D eigenvalue weighted by Gasteiger charge is -2.32. The zero-order valence-electron chi connectivity index (χ0n) is 9.14. The first kappa shape index (κ1) is 9.87. The lowest BCUT2D eigenvalue weighted by Crippen LogP contribution is -2.40. The molecule has 3 aliphatic rings. The largest absolute Gasteiger partial charge is 0.462 e. The van der Waals surface area contributed by atoms with Crippen LogP contribution in [0.3, 0.4) is 0 Å². The molecule has 0 aromatic carbocycles. The first-order valence-corrected chi connectivity index (χ1v) is 5.63. The first-order chi connectivity index (χ1) is 7.57. The summed E-state index contributed by atoms with van der Waals surface area (Å²) in [4.78, 5) is 23.0. The Bertz CT molecular complexity index is 384. The van der Waals surface area contributed by atoms with E-state index in [1.165, 1.54) is 6.08 Å². The molecule has 2 aliphatic carbocycles. The number of esters is 2. The number of carbonyl (C=O) groups excluding carboxylic acids is 2. The molecule has 1 heterocycles. The van der Waals surface area contributed by atoms with Crippen LogP contribution in [0, 0.1) is 17.8 Å². The zero-order chi connectivity index (χ0) is 11.5. The van der Waals surface area contributed by atoms with E-state index in [-0.39, 0.29) is 29.8 Å². The van der Waals surface area contributed by atoms with Crippen LogP contribution in [0.25, 0.3) is 0 Å². The highest BCUT2D eigenvalue weighted by Gasteiger charge is 2.69. The Morgan fingerprint density at radius 3 is 3.00 bits per heavy atom. The number of ether oxygens (including phenoxy) is 2. The maximum absolute atomic E-state index is 11.6. The van der Waals surface area contributed by atoms with Crippen LogP contribution >= 0.6 is 0 Å². The number of fused-ring (bicyclic) bond motifs is 1. The Balaban J connectivity index is 1.91. The molecule has 0 amide bonds. The Hall–Kier alpha value is -1.32. The van der Waals surface area contributed by atoms with Gasteiger partial charge < -0.3 is 9.47 Å². The fourth-order valence-electron chi connectivity index (χ4n) is 3.69. The van der Waals surface area contributed by atoms with Gasteiger partial charge in [-0.2, -0.15) is 0 Å². The van der Waals surface area contributed by atoms with E-state index >= 15 is 0 Å². The van der Waals surface area contributed by atoms with Crippen molar-refractivity contribution in [3.05, 3.63) is 12.7 Å². The van der Waals surface area contributed by atoms with E-state index in [0.717, 1.165) is 6.42 Å². The van der Waals surface area contributed by atoms with Crippen molar-refractivity contribution in [3.8, 4) is 0 Å². The topological polar surface area (TPSA) is 52.6 Å². The molecule has 3 fully saturated rings. The molecule has 0 aromatic rings. The minimum atomic E-state index is -0.489. The summed E-state index contributed by atoms with van der Waals surface area (Å²) in [5, 5.41) is 0. The average Bonchev–Trinajstić information content (AvgIpc) is 2.76. The monoisotopic (exact) mass is 222 g/mol. The van der Waals surface area contributed by atoms with E-state index in [4.69, 9.17) is 9.47 Å². The fraction of sp³-hybridized carbons (Fsp3) is 0.667. The van der Waals surface area contributed by atoms with Crippen molar-refractivity contribution < 1.29 is 19.1 Å². The quantitative estimate of drug-likeness (QED) is 0.517. The van der Waals surface area contributed by atoms with Gasteiger partial charge in [0.2, 0.25) is 0 Å². The van der Waals surface area contributed by atoms with Gasteiger partial charge >= 0.3 is 11.9 Å². The van der Waals surface area contributed by atoms with Crippen LogP contribution in [-0.4, -0.2) is 23.6 Å². The van der Waals surface area contributed by atoms with Crippen molar-refractivity contribution in [3.63, 3.8) is 0 Å². The predicted molar refractivity (Wildman–Crippen MR) is 54.3 cm³/mol. The number of carbonyl (C=O) groups is 2. The number of hydrogen-bond donors (Lipinski definition) is 0. The summed E-state index contributed by atoms with van der Waals surface area (Å²) in [6, 6.07) is 0. The molecule has 1 aliphatic heterocycles. The van der Waals surface area contributed by atoms with Crippen LogP contribution in [0.4, 0.5) is 0 Å². The van der Waals surface area contributed by atoms with Crippen LogP contribution in [-0.2, 0) is 19.1 Å². The number of rotatable bonds is 2. The molecule has 86 valence electrons. The smallest absolute Gasteiger partial charge is 0.330 e. The van der Waals surface area contributed by atoms with Gasteiger partial charge in [-0.05, 0) is 6.42 Å². The van der Waals surface area contributed by atoms with Crippen LogP contribution in [0.2, 0.25) is 0 Å². The van der Waals surface area contributed by atoms with Crippen LogP contribution in [0.5, 0.6) is 0 Å². The Morgan fingerprint density at radius 1 is 1.62 bits per heavy atom. The van der Waals surface area contributed by atoms with Crippen molar-refractivity contribution in [1.82, 2.24) is 0 Å². The molecule has 5 atom stereocenters. The first-order valence-electron chi connectivity index (χ1n) is 5.63. The summed E-state index contributed by atoms with van der Waals surface area (Å²) in [5.41, 5.74) is -0.489. The summed E-state index contributed by atoms with van der Waals surface area (Å²) in [7, 11) is 0. The van der Waals surface area contributed by atoms with Crippen molar-refractivity contribution in [1.29, 1.82) is 0 Å². The second kappa shape index (κ2) is 2.87. The highest BCUT2D eigenvalue weighted by molar-refractivity contribution is 5.82. The highest BCUT2D eigenvalue weighted by atomic mass is 16.6. The molecule has 0 spiro atoms. The fourth-order valence-corrected chi connectivity index (χ4v) is 3.69. The van der Waals surface area contributed by atoms with Gasteiger partial charge in [0.1, 0.15) is 11.7 Å². The minimum absolute atomic E-state index is 0.0358. The minimum Gasteiger partial charge on any atom is -0.462 e. The molecule has 0 N–H and O–H groups in total. The van der Waals surface area contributed by atoms with Gasteiger partial charge in [0.15, 0.2) is 0 Å². The van der Waals surface area contributed by atoms with E-state index in [9.17, 15) is 9.59 Å². The van der Waals surface area contributed by atoms with Crippen molar-refractivity contribution in [2.24, 2.45) is 17.8 Å². The molecule has 0 aromatic heterocycles. The van der Waals surface area contributed by atoms with Crippen LogP contribution in [0.1, 0.15) is 19.8 Å². The van der Waals surface area contributed by atoms with Gasteiger partial charge in [0.25, 0.3) is 0 Å². The second-order valence-corrected chi connectivity index (χ2v) is 5.05. The standard InChI is InChI=1S/C12H14O4/c1-3-9(13)16-12-4-7-8(5-12)15-11(14)10(7)6(12)2/h3,6-8,10H,1,4-5H2,2H3. The lowest BCUT2D eigenvalue weighted by molar-refractivity contribution is -0.158. The average molecular weight is 222 g/mol. The van der Waals surface area contributed by atoms with Gasteiger partial charge in [-0.3, -0.25) is 4.79 Å². The zero-order valence-corrected chi connectivity index (χ0v) is 9.14. The molecule has 2 bridgehead atoms. The lowest BCUT2D eigenvalue weighted by atomic mass is 9.79. The van der Waals surface area contributed by atoms with Gasteiger partial charge in [-0.15, -0.1) is 0 Å². The third-order valence-corrected chi connectivity index (χ3v) is 4.45. The van der Waals surface area contributed by atoms with Crippen molar-refractivity contribution in [2.45, 2.75) is 31.5 Å². The van der Waals surface area contributed by atoms with Gasteiger partial charge in [-0.25, -0.2) is 4.79 Å². The molecular formula is C12H14O4. The summed E-state index contributed by atoms with van der Waals surface area (Å²) in [6.45, 7) is 5.38. The molecule has 1 saturated heterocycles. The van der Waals surface area contributed by atoms with Crippen molar-refractivity contribution >= 4 is 11.9 Å². The van der Waals surface area contributed by atoms with Gasteiger partial charge in [0.05, 0.1) is 5.92 Å². The normalized spacial score (nSPS) is 47.9. The van der Waals surface area contributed by atoms with E-state index in [1.54, 1.807) is 0 Å².